The zero-order valence-electron chi connectivity index (χ0n) is 22.3. The Bertz CT molecular complexity index is 1180. The maximum absolute atomic E-state index is 13.8. The van der Waals surface area contributed by atoms with E-state index in [4.69, 9.17) is 9.72 Å². The summed E-state index contributed by atoms with van der Waals surface area (Å²) in [5, 5.41) is 3.32. The van der Waals surface area contributed by atoms with E-state index in [1.807, 2.05) is 52.0 Å². The molecule has 8 nitrogen and oxygen atoms in total. The zero-order valence-corrected chi connectivity index (χ0v) is 22.3. The average molecular weight is 533 g/mol. The number of aromatic nitrogens is 2. The van der Waals surface area contributed by atoms with Gasteiger partial charge in [0.15, 0.2) is 0 Å². The van der Waals surface area contributed by atoms with Gasteiger partial charge in [-0.3, -0.25) is 14.6 Å². The molecule has 1 N–H and O–H groups in total. The molecule has 11 heteroatoms. The van der Waals surface area contributed by atoms with Gasteiger partial charge in [-0.05, 0) is 71.3 Å². The number of ether oxygens (including phenoxy) is 1. The SMILES string of the molecule is CC(C)Nc1nc(CN2CCCC2C(F)(F)F)nc2c1C(C)(C)C(=O)N2c1ccc(N2CCOCC2)cc1. The number of halogens is 3. The summed E-state index contributed by atoms with van der Waals surface area (Å²) in [5.41, 5.74) is 1.44. The molecule has 3 aliphatic heterocycles. The highest BCUT2D eigenvalue weighted by Crippen LogP contribution is 2.47. The first-order valence-corrected chi connectivity index (χ1v) is 13.2. The van der Waals surface area contributed by atoms with Crippen molar-refractivity contribution in [2.75, 3.05) is 48.0 Å². The summed E-state index contributed by atoms with van der Waals surface area (Å²) in [7, 11) is 0. The van der Waals surface area contributed by atoms with Crippen LogP contribution in [0.25, 0.3) is 0 Å². The molecule has 206 valence electrons. The first-order chi connectivity index (χ1) is 18.0. The molecule has 2 fully saturated rings. The fraction of sp³-hybridized carbons (Fsp3) is 0.593. The third kappa shape index (κ3) is 4.93. The molecule has 1 amide bonds. The molecule has 1 unspecified atom stereocenters. The minimum Gasteiger partial charge on any atom is -0.378 e. The second-order valence-electron chi connectivity index (χ2n) is 11.0. The molecule has 0 spiro atoms. The van der Waals surface area contributed by atoms with Crippen molar-refractivity contribution in [3.63, 3.8) is 0 Å². The predicted octanol–water partition coefficient (Wildman–Crippen LogP) is 4.62. The van der Waals surface area contributed by atoms with Crippen LogP contribution in [0.3, 0.4) is 0 Å². The molecule has 3 aliphatic rings. The van der Waals surface area contributed by atoms with Gasteiger partial charge in [-0.2, -0.15) is 13.2 Å². The summed E-state index contributed by atoms with van der Waals surface area (Å²) in [6.45, 7) is 10.8. The topological polar surface area (TPSA) is 73.8 Å². The Balaban J connectivity index is 1.54. The van der Waals surface area contributed by atoms with Crippen LogP contribution in [0.2, 0.25) is 0 Å². The van der Waals surface area contributed by atoms with Crippen molar-refractivity contribution in [1.29, 1.82) is 0 Å². The van der Waals surface area contributed by atoms with Crippen molar-refractivity contribution in [1.82, 2.24) is 14.9 Å². The van der Waals surface area contributed by atoms with Crippen molar-refractivity contribution < 1.29 is 22.7 Å². The van der Waals surface area contributed by atoms with Crippen molar-refractivity contribution in [3.8, 4) is 0 Å². The summed E-state index contributed by atoms with van der Waals surface area (Å²) < 4.78 is 46.3. The number of benzene rings is 1. The van der Waals surface area contributed by atoms with Crippen LogP contribution in [0, 0.1) is 0 Å². The van der Waals surface area contributed by atoms with E-state index < -0.39 is 17.6 Å². The molecule has 0 aliphatic carbocycles. The summed E-state index contributed by atoms with van der Waals surface area (Å²) in [4.78, 5) is 28.4. The number of amides is 1. The Morgan fingerprint density at radius 3 is 2.37 bits per heavy atom. The van der Waals surface area contributed by atoms with Crippen LogP contribution >= 0.6 is 0 Å². The molecule has 5 rings (SSSR count). The summed E-state index contributed by atoms with van der Waals surface area (Å²) in [6, 6.07) is 6.24. The summed E-state index contributed by atoms with van der Waals surface area (Å²) in [6.07, 6.45) is -3.77. The van der Waals surface area contributed by atoms with Gasteiger partial charge in [-0.25, -0.2) is 9.97 Å². The van der Waals surface area contributed by atoms with Crippen molar-refractivity contribution in [3.05, 3.63) is 35.7 Å². The number of nitrogens with zero attached hydrogens (tertiary/aromatic N) is 5. The number of carbonyl (C=O) groups is 1. The number of morpholine rings is 1. The van der Waals surface area contributed by atoms with Crippen molar-refractivity contribution in [2.24, 2.45) is 0 Å². The van der Waals surface area contributed by atoms with Gasteiger partial charge in [0.25, 0.3) is 0 Å². The Morgan fingerprint density at radius 1 is 1.08 bits per heavy atom. The van der Waals surface area contributed by atoms with Gasteiger partial charge >= 0.3 is 6.18 Å². The Labute approximate surface area is 221 Å². The van der Waals surface area contributed by atoms with Crippen LogP contribution < -0.4 is 15.1 Å². The number of rotatable bonds is 6. The van der Waals surface area contributed by atoms with E-state index in [0.29, 0.717) is 49.1 Å². The highest BCUT2D eigenvalue weighted by atomic mass is 19.4. The maximum atomic E-state index is 13.8. The largest absolute Gasteiger partial charge is 0.404 e. The number of hydrogen-bond acceptors (Lipinski definition) is 7. The molecule has 2 saturated heterocycles. The lowest BCUT2D eigenvalue weighted by molar-refractivity contribution is -0.177. The molecule has 1 aromatic carbocycles. The second kappa shape index (κ2) is 10.00. The quantitative estimate of drug-likeness (QED) is 0.582. The van der Waals surface area contributed by atoms with Gasteiger partial charge in [0.05, 0.1) is 36.4 Å². The fourth-order valence-electron chi connectivity index (χ4n) is 5.60. The van der Waals surface area contributed by atoms with E-state index in [1.54, 1.807) is 4.90 Å². The van der Waals surface area contributed by atoms with Gasteiger partial charge in [0.2, 0.25) is 5.91 Å². The lowest BCUT2D eigenvalue weighted by Crippen LogP contribution is -2.41. The first kappa shape index (κ1) is 26.7. The summed E-state index contributed by atoms with van der Waals surface area (Å²) >= 11 is 0. The molecule has 2 aromatic rings. The third-order valence-electron chi connectivity index (χ3n) is 7.51. The molecular weight excluding hydrogens is 497 g/mol. The lowest BCUT2D eigenvalue weighted by atomic mass is 9.87. The maximum Gasteiger partial charge on any atom is 0.404 e. The van der Waals surface area contributed by atoms with E-state index in [9.17, 15) is 18.0 Å². The fourth-order valence-corrected chi connectivity index (χ4v) is 5.60. The van der Waals surface area contributed by atoms with Crippen LogP contribution in [0.5, 0.6) is 0 Å². The summed E-state index contributed by atoms with van der Waals surface area (Å²) in [5.74, 6) is 1.03. The smallest absolute Gasteiger partial charge is 0.378 e. The molecule has 0 bridgehead atoms. The van der Waals surface area contributed by atoms with Crippen LogP contribution in [0.1, 0.15) is 51.9 Å². The number of nitrogens with one attached hydrogen (secondary N) is 1. The van der Waals surface area contributed by atoms with Gasteiger partial charge in [0, 0.05) is 24.8 Å². The second-order valence-corrected chi connectivity index (χ2v) is 11.0. The first-order valence-electron chi connectivity index (χ1n) is 13.2. The molecule has 0 saturated carbocycles. The van der Waals surface area contributed by atoms with E-state index in [0.717, 1.165) is 18.8 Å². The molecule has 38 heavy (non-hydrogen) atoms. The van der Waals surface area contributed by atoms with E-state index in [-0.39, 0.29) is 30.7 Å². The molecule has 1 atom stereocenters. The monoisotopic (exact) mass is 532 g/mol. The normalized spacial score (nSPS) is 21.9. The average Bonchev–Trinajstić information content (AvgIpc) is 3.40. The predicted molar refractivity (Wildman–Crippen MR) is 140 cm³/mol. The van der Waals surface area contributed by atoms with Gasteiger partial charge in [-0.1, -0.05) is 0 Å². The van der Waals surface area contributed by atoms with Crippen LogP contribution in [-0.2, 0) is 21.5 Å². The molecule has 1 aromatic heterocycles. The zero-order chi connectivity index (χ0) is 27.2. The minimum absolute atomic E-state index is 0.00400. The minimum atomic E-state index is -4.31. The highest BCUT2D eigenvalue weighted by molar-refractivity contribution is 6.12. The Hall–Kier alpha value is -2.92. The van der Waals surface area contributed by atoms with E-state index in [2.05, 4.69) is 15.2 Å². The third-order valence-corrected chi connectivity index (χ3v) is 7.51. The van der Waals surface area contributed by atoms with Gasteiger partial charge < -0.3 is 15.0 Å². The van der Waals surface area contributed by atoms with Gasteiger partial charge in [-0.15, -0.1) is 0 Å². The Kier molecular flexibility index (Phi) is 7.02. The standard InChI is InChI=1S/C27H35F3N6O2/c1-17(2)31-23-22-24(33-21(32-23)16-35-11-5-6-20(35)27(28,29)30)36(25(37)26(22,3)4)19-9-7-18(8-10-19)34-12-14-38-15-13-34/h7-10,17,20H,5-6,11-16H2,1-4H3,(H,31,32,33). The number of carbonyl (C=O) groups excluding carboxylic acids is 1. The van der Waals surface area contributed by atoms with Gasteiger partial charge in [0.1, 0.15) is 23.5 Å². The molecule has 4 heterocycles. The van der Waals surface area contributed by atoms with Crippen molar-refractivity contribution >= 4 is 28.9 Å². The highest BCUT2D eigenvalue weighted by Gasteiger charge is 2.49. The van der Waals surface area contributed by atoms with E-state index in [1.165, 1.54) is 4.90 Å². The number of anilines is 4. The van der Waals surface area contributed by atoms with Crippen LogP contribution in [-0.4, -0.2) is 71.9 Å². The molecule has 0 radical (unpaired) electrons. The van der Waals surface area contributed by atoms with Crippen LogP contribution in [0.4, 0.5) is 36.2 Å². The van der Waals surface area contributed by atoms with E-state index >= 15 is 0 Å². The number of likely N-dealkylation sites (tertiary alicyclic amines) is 1. The molecular formula is C27H35F3N6O2. The van der Waals surface area contributed by atoms with Crippen molar-refractivity contribution in [2.45, 2.75) is 70.8 Å². The number of hydrogen-bond donors (Lipinski definition) is 1. The van der Waals surface area contributed by atoms with Crippen LogP contribution in [0.15, 0.2) is 24.3 Å². The number of alkyl halides is 3. The number of fused-ring (bicyclic) bond motifs is 1. The lowest BCUT2D eigenvalue weighted by Gasteiger charge is -2.29. The Morgan fingerprint density at radius 2 is 1.74 bits per heavy atom.